The molecule has 2 heteroatoms. The van der Waals surface area contributed by atoms with E-state index in [4.69, 9.17) is 4.74 Å². The third kappa shape index (κ3) is 3.53. The lowest BCUT2D eigenvalue weighted by Gasteiger charge is -2.21. The van der Waals surface area contributed by atoms with Gasteiger partial charge in [0.15, 0.2) is 0 Å². The van der Waals surface area contributed by atoms with Gasteiger partial charge in [0.2, 0.25) is 0 Å². The quantitative estimate of drug-likeness (QED) is 0.722. The second kappa shape index (κ2) is 6.87. The van der Waals surface area contributed by atoms with Crippen LogP contribution in [-0.2, 0) is 22.4 Å². The van der Waals surface area contributed by atoms with Gasteiger partial charge in [0, 0.05) is 12.8 Å². The van der Waals surface area contributed by atoms with E-state index in [9.17, 15) is 4.79 Å². The lowest BCUT2D eigenvalue weighted by molar-refractivity contribution is -0.137. The predicted octanol–water partition coefficient (Wildman–Crippen LogP) is 5.18. The number of fused-ring (bicyclic) bond motifs is 2. The highest BCUT2D eigenvalue weighted by atomic mass is 16.5. The van der Waals surface area contributed by atoms with Gasteiger partial charge in [0.05, 0.1) is 0 Å². The molecule has 1 fully saturated rings. The normalized spacial score (nSPS) is 24.5. The topological polar surface area (TPSA) is 26.3 Å². The molecule has 2 atom stereocenters. The minimum atomic E-state index is -0.198. The molecule has 2 aliphatic rings. The molecule has 0 heterocycles. The van der Waals surface area contributed by atoms with E-state index in [1.165, 1.54) is 35.6 Å². The standard InChI is InChI=1S/C23H24O2/c1-16(24)25-23-21(14-11-17-7-3-2-4-8-17)20-10-6-5-9-18(20)12-13-19-15-22(19)23/h2-10,19,22H,11-15H2,1H3/b23-21+. The van der Waals surface area contributed by atoms with E-state index < -0.39 is 0 Å². The Morgan fingerprint density at radius 2 is 1.80 bits per heavy atom. The third-order valence-corrected chi connectivity index (χ3v) is 5.44. The first-order valence-electron chi connectivity index (χ1n) is 9.26. The number of esters is 1. The molecule has 0 saturated heterocycles. The maximum Gasteiger partial charge on any atom is 0.307 e. The van der Waals surface area contributed by atoms with E-state index in [0.717, 1.165) is 31.4 Å². The average Bonchev–Trinajstić information content (AvgIpc) is 3.38. The van der Waals surface area contributed by atoms with Crippen molar-refractivity contribution in [1.82, 2.24) is 0 Å². The van der Waals surface area contributed by atoms with Crippen LogP contribution in [0.2, 0.25) is 0 Å². The smallest absolute Gasteiger partial charge is 0.307 e. The molecule has 0 spiro atoms. The maximum absolute atomic E-state index is 11.7. The van der Waals surface area contributed by atoms with Crippen LogP contribution in [-0.4, -0.2) is 5.97 Å². The monoisotopic (exact) mass is 332 g/mol. The molecular weight excluding hydrogens is 308 g/mol. The molecule has 0 N–H and O–H groups in total. The molecule has 2 nitrogen and oxygen atoms in total. The summed E-state index contributed by atoms with van der Waals surface area (Å²) in [6.45, 7) is 1.52. The first kappa shape index (κ1) is 16.1. The first-order valence-corrected chi connectivity index (χ1v) is 9.26. The van der Waals surface area contributed by atoms with Crippen LogP contribution in [0.5, 0.6) is 0 Å². The van der Waals surface area contributed by atoms with Crippen LogP contribution < -0.4 is 0 Å². The second-order valence-corrected chi connectivity index (χ2v) is 7.22. The van der Waals surface area contributed by atoms with Gasteiger partial charge in [-0.05, 0) is 60.3 Å². The highest BCUT2D eigenvalue weighted by molar-refractivity contribution is 5.75. The van der Waals surface area contributed by atoms with Crippen molar-refractivity contribution in [1.29, 1.82) is 0 Å². The van der Waals surface area contributed by atoms with Gasteiger partial charge in [-0.1, -0.05) is 54.6 Å². The Morgan fingerprint density at radius 3 is 2.60 bits per heavy atom. The van der Waals surface area contributed by atoms with Gasteiger partial charge in [0.1, 0.15) is 5.76 Å². The molecule has 128 valence electrons. The summed E-state index contributed by atoms with van der Waals surface area (Å²) in [7, 11) is 0. The highest BCUT2D eigenvalue weighted by Gasteiger charge is 2.43. The fraction of sp³-hybridized carbons (Fsp3) is 0.348. The number of ether oxygens (including phenoxy) is 1. The van der Waals surface area contributed by atoms with Crippen molar-refractivity contribution >= 4 is 11.5 Å². The summed E-state index contributed by atoms with van der Waals surface area (Å²) in [5, 5.41) is 0. The molecule has 2 unspecified atom stereocenters. The molecule has 0 amide bonds. The van der Waals surface area contributed by atoms with Gasteiger partial charge >= 0.3 is 5.97 Å². The number of hydrogen-bond donors (Lipinski definition) is 0. The Kier molecular flexibility index (Phi) is 4.44. The van der Waals surface area contributed by atoms with Crippen molar-refractivity contribution in [2.45, 2.75) is 39.0 Å². The molecule has 0 bridgehead atoms. The molecule has 0 aliphatic heterocycles. The summed E-state index contributed by atoms with van der Waals surface area (Å²) in [5.74, 6) is 1.86. The zero-order valence-electron chi connectivity index (χ0n) is 14.7. The van der Waals surface area contributed by atoms with E-state index in [0.29, 0.717) is 11.8 Å². The molecule has 1 saturated carbocycles. The molecule has 2 aliphatic carbocycles. The van der Waals surface area contributed by atoms with Crippen LogP contribution >= 0.6 is 0 Å². The molecular formula is C23H24O2. The molecule has 2 aromatic carbocycles. The second-order valence-electron chi connectivity index (χ2n) is 7.22. The minimum Gasteiger partial charge on any atom is -0.431 e. The van der Waals surface area contributed by atoms with E-state index >= 15 is 0 Å². The van der Waals surface area contributed by atoms with Gasteiger partial charge in [-0.3, -0.25) is 4.79 Å². The van der Waals surface area contributed by atoms with Crippen LogP contribution in [0.25, 0.3) is 5.57 Å². The minimum absolute atomic E-state index is 0.198. The van der Waals surface area contributed by atoms with Crippen molar-refractivity contribution in [2.75, 3.05) is 0 Å². The summed E-state index contributed by atoms with van der Waals surface area (Å²) >= 11 is 0. The fourth-order valence-corrected chi connectivity index (χ4v) is 4.08. The van der Waals surface area contributed by atoms with Crippen molar-refractivity contribution in [3.05, 3.63) is 77.0 Å². The van der Waals surface area contributed by atoms with E-state index in [1.807, 2.05) is 6.07 Å². The Labute approximate surface area is 149 Å². The summed E-state index contributed by atoms with van der Waals surface area (Å²) in [4.78, 5) is 11.7. The predicted molar refractivity (Wildman–Crippen MR) is 99.8 cm³/mol. The Balaban J connectivity index is 1.74. The van der Waals surface area contributed by atoms with Crippen molar-refractivity contribution in [3.8, 4) is 0 Å². The SMILES string of the molecule is CC(=O)O/C1=C(\CCc2ccccc2)c2ccccc2CCC2CC12. The number of rotatable bonds is 4. The van der Waals surface area contributed by atoms with Crippen LogP contribution in [0.3, 0.4) is 0 Å². The molecule has 2 aromatic rings. The first-order chi connectivity index (χ1) is 12.2. The highest BCUT2D eigenvalue weighted by Crippen LogP contribution is 2.52. The van der Waals surface area contributed by atoms with E-state index in [2.05, 4.69) is 48.5 Å². The summed E-state index contributed by atoms with van der Waals surface area (Å²) in [6.07, 6.45) is 5.35. The van der Waals surface area contributed by atoms with Crippen molar-refractivity contribution < 1.29 is 9.53 Å². The molecule has 4 rings (SSSR count). The molecule has 25 heavy (non-hydrogen) atoms. The van der Waals surface area contributed by atoms with Gasteiger partial charge < -0.3 is 4.74 Å². The van der Waals surface area contributed by atoms with E-state index in [1.54, 1.807) is 0 Å². The van der Waals surface area contributed by atoms with Crippen LogP contribution in [0.4, 0.5) is 0 Å². The maximum atomic E-state index is 11.7. The lowest BCUT2D eigenvalue weighted by atomic mass is 9.88. The lowest BCUT2D eigenvalue weighted by Crippen LogP contribution is -2.10. The van der Waals surface area contributed by atoms with Crippen molar-refractivity contribution in [2.24, 2.45) is 11.8 Å². The average molecular weight is 332 g/mol. The summed E-state index contributed by atoms with van der Waals surface area (Å²) in [6, 6.07) is 19.2. The van der Waals surface area contributed by atoms with Crippen LogP contribution in [0.1, 0.15) is 42.9 Å². The largest absolute Gasteiger partial charge is 0.431 e. The fourth-order valence-electron chi connectivity index (χ4n) is 4.08. The van der Waals surface area contributed by atoms with Crippen LogP contribution in [0, 0.1) is 11.8 Å². The van der Waals surface area contributed by atoms with Crippen LogP contribution in [0.15, 0.2) is 60.4 Å². The number of benzene rings is 2. The van der Waals surface area contributed by atoms with Gasteiger partial charge in [0.25, 0.3) is 0 Å². The Bertz CT molecular complexity index is 804. The number of allylic oxidation sites excluding steroid dienone is 2. The summed E-state index contributed by atoms with van der Waals surface area (Å²) in [5.41, 5.74) is 5.23. The number of carbonyl (C=O) groups is 1. The zero-order valence-corrected chi connectivity index (χ0v) is 14.7. The third-order valence-electron chi connectivity index (χ3n) is 5.44. The number of hydrogen-bond acceptors (Lipinski definition) is 2. The Hall–Kier alpha value is -2.35. The zero-order chi connectivity index (χ0) is 17.2. The van der Waals surface area contributed by atoms with E-state index in [-0.39, 0.29) is 5.97 Å². The Morgan fingerprint density at radius 1 is 1.04 bits per heavy atom. The number of carbonyl (C=O) groups excluding carboxylic acids is 1. The van der Waals surface area contributed by atoms with Gasteiger partial charge in [-0.2, -0.15) is 0 Å². The molecule has 0 aromatic heterocycles. The van der Waals surface area contributed by atoms with Gasteiger partial charge in [-0.15, -0.1) is 0 Å². The number of aryl methyl sites for hydroxylation is 2. The molecule has 0 radical (unpaired) electrons. The summed E-state index contributed by atoms with van der Waals surface area (Å²) < 4.78 is 5.78. The van der Waals surface area contributed by atoms with Crippen molar-refractivity contribution in [3.63, 3.8) is 0 Å². The van der Waals surface area contributed by atoms with Gasteiger partial charge in [-0.25, -0.2) is 0 Å².